The molecule has 0 spiro atoms. The third kappa shape index (κ3) is 2.01. The van der Waals surface area contributed by atoms with Crippen molar-refractivity contribution in [1.29, 1.82) is 0 Å². The van der Waals surface area contributed by atoms with E-state index in [1.807, 2.05) is 30.3 Å². The molecule has 1 N–H and O–H groups in total. The van der Waals surface area contributed by atoms with Gasteiger partial charge in [0.25, 0.3) is 0 Å². The lowest BCUT2D eigenvalue weighted by Gasteiger charge is -2.03. The second-order valence-corrected chi connectivity index (χ2v) is 5.37. The standard InChI is InChI=1S/C18H14N2O3/c1-2-20-15-6-4-3-5-12(15)13-9-11(7-8-16(13)20)14-10-17(18(21)22)23-19-14/h3-10H,2H2,1H3,(H,21,22). The lowest BCUT2D eigenvalue weighted by molar-refractivity contribution is 0.0652. The van der Waals surface area contributed by atoms with E-state index in [4.69, 9.17) is 9.63 Å². The Balaban J connectivity index is 1.96. The molecule has 0 amide bonds. The van der Waals surface area contributed by atoms with Crippen LogP contribution in [0.5, 0.6) is 0 Å². The van der Waals surface area contributed by atoms with E-state index in [0.29, 0.717) is 5.69 Å². The zero-order valence-corrected chi connectivity index (χ0v) is 12.5. The van der Waals surface area contributed by atoms with Crippen LogP contribution in [0.1, 0.15) is 17.5 Å². The maximum Gasteiger partial charge on any atom is 0.374 e. The summed E-state index contributed by atoms with van der Waals surface area (Å²) in [6.45, 7) is 3.01. The highest BCUT2D eigenvalue weighted by Gasteiger charge is 2.14. The third-order valence-corrected chi connectivity index (χ3v) is 4.11. The molecule has 0 radical (unpaired) electrons. The highest BCUT2D eigenvalue weighted by atomic mass is 16.5. The number of aryl methyl sites for hydroxylation is 1. The molecule has 0 saturated carbocycles. The first-order valence-electron chi connectivity index (χ1n) is 7.40. The number of carbonyl (C=O) groups is 1. The highest BCUT2D eigenvalue weighted by Crippen LogP contribution is 2.32. The van der Waals surface area contributed by atoms with Gasteiger partial charge in [0.15, 0.2) is 0 Å². The number of carboxylic acids is 1. The first-order chi connectivity index (χ1) is 11.2. The van der Waals surface area contributed by atoms with Gasteiger partial charge in [-0.1, -0.05) is 29.4 Å². The van der Waals surface area contributed by atoms with Crippen molar-refractivity contribution in [1.82, 2.24) is 9.72 Å². The van der Waals surface area contributed by atoms with Crippen molar-refractivity contribution in [3.63, 3.8) is 0 Å². The molecule has 2 aromatic carbocycles. The summed E-state index contributed by atoms with van der Waals surface area (Å²) in [6, 6.07) is 15.7. The number of benzene rings is 2. The summed E-state index contributed by atoms with van der Waals surface area (Å²) >= 11 is 0. The first kappa shape index (κ1) is 13.6. The predicted octanol–water partition coefficient (Wildman–Crippen LogP) is 4.17. The number of hydrogen-bond donors (Lipinski definition) is 1. The number of nitrogens with zero attached hydrogens (tertiary/aromatic N) is 2. The first-order valence-corrected chi connectivity index (χ1v) is 7.40. The van der Waals surface area contributed by atoms with Crippen LogP contribution < -0.4 is 0 Å². The fraction of sp³-hybridized carbons (Fsp3) is 0.111. The van der Waals surface area contributed by atoms with E-state index in [9.17, 15) is 4.79 Å². The second-order valence-electron chi connectivity index (χ2n) is 5.37. The molecule has 0 fully saturated rings. The van der Waals surface area contributed by atoms with Gasteiger partial charge in [0.05, 0.1) is 0 Å². The number of aromatic carboxylic acids is 1. The molecule has 5 nitrogen and oxygen atoms in total. The van der Waals surface area contributed by atoms with Crippen molar-refractivity contribution in [2.24, 2.45) is 0 Å². The molecule has 114 valence electrons. The molecule has 0 aliphatic heterocycles. The molecular weight excluding hydrogens is 292 g/mol. The van der Waals surface area contributed by atoms with Crippen LogP contribution in [0.15, 0.2) is 53.1 Å². The Kier molecular flexibility index (Phi) is 2.94. The van der Waals surface area contributed by atoms with Gasteiger partial charge in [0.2, 0.25) is 5.76 Å². The molecule has 2 heterocycles. The Morgan fingerprint density at radius 1 is 1.13 bits per heavy atom. The van der Waals surface area contributed by atoms with Crippen molar-refractivity contribution < 1.29 is 14.4 Å². The smallest absolute Gasteiger partial charge is 0.374 e. The predicted molar refractivity (Wildman–Crippen MR) is 87.6 cm³/mol. The molecule has 0 unspecified atom stereocenters. The summed E-state index contributed by atoms with van der Waals surface area (Å²) in [5, 5.41) is 15.1. The van der Waals surface area contributed by atoms with Gasteiger partial charge in [-0.3, -0.25) is 0 Å². The monoisotopic (exact) mass is 306 g/mol. The lowest BCUT2D eigenvalue weighted by Crippen LogP contribution is -1.92. The summed E-state index contributed by atoms with van der Waals surface area (Å²) in [7, 11) is 0. The third-order valence-electron chi connectivity index (χ3n) is 4.11. The minimum atomic E-state index is -1.12. The SMILES string of the molecule is CCn1c2ccccc2c2cc(-c3cc(C(=O)O)on3)ccc21. The molecule has 0 bridgehead atoms. The van der Waals surface area contributed by atoms with Gasteiger partial charge >= 0.3 is 5.97 Å². The highest BCUT2D eigenvalue weighted by molar-refractivity contribution is 6.09. The van der Waals surface area contributed by atoms with E-state index in [2.05, 4.69) is 28.8 Å². The van der Waals surface area contributed by atoms with Crippen LogP contribution in [0, 0.1) is 0 Å². The van der Waals surface area contributed by atoms with E-state index in [-0.39, 0.29) is 5.76 Å². The molecule has 0 aliphatic rings. The van der Waals surface area contributed by atoms with Crippen LogP contribution in [-0.4, -0.2) is 20.8 Å². The maximum absolute atomic E-state index is 10.9. The molecule has 0 atom stereocenters. The van der Waals surface area contributed by atoms with E-state index >= 15 is 0 Å². The fourth-order valence-electron chi connectivity index (χ4n) is 3.07. The Labute approximate surface area is 131 Å². The summed E-state index contributed by atoms with van der Waals surface area (Å²) in [4.78, 5) is 10.9. The zero-order chi connectivity index (χ0) is 16.0. The summed E-state index contributed by atoms with van der Waals surface area (Å²) in [5.41, 5.74) is 3.71. The largest absolute Gasteiger partial charge is 0.475 e. The van der Waals surface area contributed by atoms with Gasteiger partial charge in [-0.05, 0) is 25.1 Å². The quantitative estimate of drug-likeness (QED) is 0.617. The summed E-state index contributed by atoms with van der Waals surface area (Å²) in [5.74, 6) is -1.27. The molecule has 0 saturated heterocycles. The Morgan fingerprint density at radius 3 is 2.65 bits per heavy atom. The van der Waals surface area contributed by atoms with Gasteiger partial charge < -0.3 is 14.2 Å². The average Bonchev–Trinajstić information content (AvgIpc) is 3.17. The number of rotatable bonds is 3. The minimum absolute atomic E-state index is 0.156. The molecule has 2 aromatic heterocycles. The van der Waals surface area contributed by atoms with Gasteiger partial charge in [0.1, 0.15) is 5.69 Å². The Hall–Kier alpha value is -3.08. The van der Waals surface area contributed by atoms with Crippen molar-refractivity contribution in [2.75, 3.05) is 0 Å². The topological polar surface area (TPSA) is 68.3 Å². The minimum Gasteiger partial charge on any atom is -0.475 e. The number of para-hydroxylation sites is 1. The Bertz CT molecular complexity index is 1040. The van der Waals surface area contributed by atoms with Crippen molar-refractivity contribution in [2.45, 2.75) is 13.5 Å². The van der Waals surface area contributed by atoms with Crippen LogP contribution in [-0.2, 0) is 6.54 Å². The van der Waals surface area contributed by atoms with Crippen molar-refractivity contribution in [3.05, 3.63) is 54.3 Å². The van der Waals surface area contributed by atoms with E-state index in [0.717, 1.165) is 23.0 Å². The number of aromatic nitrogens is 2. The summed E-state index contributed by atoms with van der Waals surface area (Å²) < 4.78 is 7.12. The molecule has 23 heavy (non-hydrogen) atoms. The van der Waals surface area contributed by atoms with Crippen LogP contribution >= 0.6 is 0 Å². The normalized spacial score (nSPS) is 11.3. The fourth-order valence-corrected chi connectivity index (χ4v) is 3.07. The summed E-state index contributed by atoms with van der Waals surface area (Å²) in [6.07, 6.45) is 0. The van der Waals surface area contributed by atoms with Crippen LogP contribution in [0.25, 0.3) is 33.1 Å². The molecule has 5 heteroatoms. The van der Waals surface area contributed by atoms with Crippen LogP contribution in [0.2, 0.25) is 0 Å². The number of fused-ring (bicyclic) bond motifs is 3. The molecular formula is C18H14N2O3. The lowest BCUT2D eigenvalue weighted by atomic mass is 10.1. The number of carboxylic acid groups (broad SMARTS) is 1. The number of hydrogen-bond acceptors (Lipinski definition) is 3. The van der Waals surface area contributed by atoms with Gasteiger partial charge in [-0.25, -0.2) is 4.79 Å². The van der Waals surface area contributed by atoms with Crippen molar-refractivity contribution in [3.8, 4) is 11.3 Å². The zero-order valence-electron chi connectivity index (χ0n) is 12.5. The van der Waals surface area contributed by atoms with E-state index in [1.165, 1.54) is 17.0 Å². The van der Waals surface area contributed by atoms with E-state index in [1.54, 1.807) is 0 Å². The van der Waals surface area contributed by atoms with E-state index < -0.39 is 5.97 Å². The van der Waals surface area contributed by atoms with Crippen LogP contribution in [0.4, 0.5) is 0 Å². The van der Waals surface area contributed by atoms with Gasteiger partial charge in [-0.15, -0.1) is 0 Å². The second kappa shape index (κ2) is 4.98. The Morgan fingerprint density at radius 2 is 1.91 bits per heavy atom. The van der Waals surface area contributed by atoms with Crippen LogP contribution in [0.3, 0.4) is 0 Å². The molecule has 4 aromatic rings. The molecule has 4 rings (SSSR count). The molecule has 0 aliphatic carbocycles. The van der Waals surface area contributed by atoms with Crippen molar-refractivity contribution >= 4 is 27.8 Å². The van der Waals surface area contributed by atoms with Gasteiger partial charge in [0, 0.05) is 40.0 Å². The van der Waals surface area contributed by atoms with Gasteiger partial charge in [-0.2, -0.15) is 0 Å². The average molecular weight is 306 g/mol. The maximum atomic E-state index is 10.9.